The van der Waals surface area contributed by atoms with Crippen molar-refractivity contribution in [1.29, 1.82) is 0 Å². The van der Waals surface area contributed by atoms with E-state index in [9.17, 15) is 0 Å². The van der Waals surface area contributed by atoms with Gasteiger partial charge < -0.3 is 15.2 Å². The molecule has 1 aromatic heterocycles. The Kier molecular flexibility index (Phi) is 3.89. The van der Waals surface area contributed by atoms with Crippen LogP contribution in [0.2, 0.25) is 0 Å². The Morgan fingerprint density at radius 2 is 2.41 bits per heavy atom. The molecule has 1 fully saturated rings. The van der Waals surface area contributed by atoms with Crippen molar-refractivity contribution in [3.8, 4) is 5.88 Å². The van der Waals surface area contributed by atoms with E-state index >= 15 is 0 Å². The number of aryl methyl sites for hydroxylation is 2. The quantitative estimate of drug-likeness (QED) is 0.846. The van der Waals surface area contributed by atoms with Crippen molar-refractivity contribution in [3.05, 3.63) is 5.69 Å². The Hall–Kier alpha value is -1.23. The number of rotatable bonds is 5. The predicted molar refractivity (Wildman–Crippen MR) is 66.1 cm³/mol. The molecule has 0 saturated carbocycles. The van der Waals surface area contributed by atoms with E-state index in [4.69, 9.17) is 15.2 Å². The molecule has 0 spiro atoms. The number of nitrogens with two attached hydrogens (primary N) is 1. The third-order valence-corrected chi connectivity index (χ3v) is 3.02. The predicted octanol–water partition coefficient (Wildman–Crippen LogP) is 1.51. The standard InChI is InChI=1S/C12H21N3O2/c1-3-5-10-11(13)12(15(2)14-10)17-8-9-6-4-7-16-9/h9H,3-8,13H2,1-2H3. The molecule has 1 aliphatic rings. The number of anilines is 1. The van der Waals surface area contributed by atoms with E-state index in [-0.39, 0.29) is 6.10 Å². The zero-order valence-corrected chi connectivity index (χ0v) is 10.6. The minimum atomic E-state index is 0.207. The lowest BCUT2D eigenvalue weighted by molar-refractivity contribution is 0.0651. The average molecular weight is 239 g/mol. The number of nitrogens with zero attached hydrogens (tertiary/aromatic N) is 2. The summed E-state index contributed by atoms with van der Waals surface area (Å²) in [6.07, 6.45) is 4.32. The summed E-state index contributed by atoms with van der Waals surface area (Å²) in [4.78, 5) is 0. The van der Waals surface area contributed by atoms with Crippen molar-refractivity contribution in [2.45, 2.75) is 38.7 Å². The van der Waals surface area contributed by atoms with Crippen molar-refractivity contribution in [1.82, 2.24) is 9.78 Å². The highest BCUT2D eigenvalue weighted by molar-refractivity contribution is 5.53. The lowest BCUT2D eigenvalue weighted by Crippen LogP contribution is -2.17. The van der Waals surface area contributed by atoms with E-state index in [0.717, 1.165) is 38.0 Å². The van der Waals surface area contributed by atoms with Gasteiger partial charge in [-0.25, -0.2) is 4.68 Å². The molecule has 0 amide bonds. The molecule has 96 valence electrons. The van der Waals surface area contributed by atoms with Crippen LogP contribution in [-0.4, -0.2) is 29.1 Å². The topological polar surface area (TPSA) is 62.3 Å². The van der Waals surface area contributed by atoms with Gasteiger partial charge in [-0.2, -0.15) is 5.10 Å². The lowest BCUT2D eigenvalue weighted by Gasteiger charge is -2.11. The normalized spacial score (nSPS) is 19.8. The summed E-state index contributed by atoms with van der Waals surface area (Å²) in [7, 11) is 1.86. The summed E-state index contributed by atoms with van der Waals surface area (Å²) in [5.74, 6) is 0.670. The highest BCUT2D eigenvalue weighted by Crippen LogP contribution is 2.26. The number of aromatic nitrogens is 2. The van der Waals surface area contributed by atoms with Crippen LogP contribution < -0.4 is 10.5 Å². The maximum absolute atomic E-state index is 6.03. The molecule has 2 N–H and O–H groups in total. The molecule has 2 rings (SSSR count). The molecule has 2 heterocycles. The molecule has 1 aliphatic heterocycles. The molecular weight excluding hydrogens is 218 g/mol. The molecule has 0 bridgehead atoms. The first-order valence-corrected chi connectivity index (χ1v) is 6.28. The Morgan fingerprint density at radius 3 is 3.06 bits per heavy atom. The van der Waals surface area contributed by atoms with Gasteiger partial charge in [-0.1, -0.05) is 13.3 Å². The fourth-order valence-electron chi connectivity index (χ4n) is 2.12. The minimum absolute atomic E-state index is 0.207. The van der Waals surface area contributed by atoms with Gasteiger partial charge in [0, 0.05) is 13.7 Å². The molecule has 0 radical (unpaired) electrons. The molecule has 1 atom stereocenters. The van der Waals surface area contributed by atoms with E-state index in [0.29, 0.717) is 18.2 Å². The summed E-state index contributed by atoms with van der Waals surface area (Å²) in [5.41, 5.74) is 7.63. The molecule has 5 nitrogen and oxygen atoms in total. The van der Waals surface area contributed by atoms with Crippen molar-refractivity contribution in [3.63, 3.8) is 0 Å². The number of hydrogen-bond acceptors (Lipinski definition) is 4. The van der Waals surface area contributed by atoms with Gasteiger partial charge in [0.05, 0.1) is 11.8 Å². The van der Waals surface area contributed by atoms with Crippen LogP contribution in [0.1, 0.15) is 31.9 Å². The highest BCUT2D eigenvalue weighted by Gasteiger charge is 2.19. The summed E-state index contributed by atoms with van der Waals surface area (Å²) in [5, 5.41) is 4.37. The van der Waals surface area contributed by atoms with Crippen LogP contribution >= 0.6 is 0 Å². The first-order valence-electron chi connectivity index (χ1n) is 6.28. The van der Waals surface area contributed by atoms with Gasteiger partial charge in [0.15, 0.2) is 0 Å². The van der Waals surface area contributed by atoms with Crippen LogP contribution in [0.15, 0.2) is 0 Å². The third-order valence-electron chi connectivity index (χ3n) is 3.02. The van der Waals surface area contributed by atoms with E-state index in [2.05, 4.69) is 12.0 Å². The second kappa shape index (κ2) is 5.40. The largest absolute Gasteiger partial charge is 0.474 e. The monoisotopic (exact) mass is 239 g/mol. The van der Waals surface area contributed by atoms with Crippen LogP contribution in [0.4, 0.5) is 5.69 Å². The first-order chi connectivity index (χ1) is 8.22. The maximum atomic E-state index is 6.03. The van der Waals surface area contributed by atoms with Gasteiger partial charge in [0.1, 0.15) is 12.3 Å². The maximum Gasteiger partial charge on any atom is 0.235 e. The Bertz CT molecular complexity index is 370. The van der Waals surface area contributed by atoms with Crippen LogP contribution in [0.25, 0.3) is 0 Å². The Morgan fingerprint density at radius 1 is 1.59 bits per heavy atom. The number of hydrogen-bond donors (Lipinski definition) is 1. The summed E-state index contributed by atoms with van der Waals surface area (Å²) < 4.78 is 13.0. The zero-order chi connectivity index (χ0) is 12.3. The number of nitrogen functional groups attached to an aromatic ring is 1. The SMILES string of the molecule is CCCc1nn(C)c(OCC2CCCO2)c1N. The molecule has 1 aromatic rings. The van der Waals surface area contributed by atoms with Gasteiger partial charge in [0.2, 0.25) is 5.88 Å². The zero-order valence-electron chi connectivity index (χ0n) is 10.6. The van der Waals surface area contributed by atoms with Crippen molar-refractivity contribution in [2.75, 3.05) is 18.9 Å². The second-order valence-corrected chi connectivity index (χ2v) is 4.49. The Labute approximate surface area is 102 Å². The van der Waals surface area contributed by atoms with Gasteiger partial charge in [0.25, 0.3) is 0 Å². The average Bonchev–Trinajstić information content (AvgIpc) is 2.88. The van der Waals surface area contributed by atoms with Crippen molar-refractivity contribution >= 4 is 5.69 Å². The van der Waals surface area contributed by atoms with Crippen LogP contribution in [-0.2, 0) is 18.2 Å². The van der Waals surface area contributed by atoms with Crippen LogP contribution in [0, 0.1) is 0 Å². The molecule has 1 saturated heterocycles. The third kappa shape index (κ3) is 2.72. The molecule has 1 unspecified atom stereocenters. The molecule has 5 heteroatoms. The van der Waals surface area contributed by atoms with Crippen molar-refractivity contribution in [2.24, 2.45) is 7.05 Å². The first kappa shape index (κ1) is 12.2. The lowest BCUT2D eigenvalue weighted by atomic mass is 10.2. The van der Waals surface area contributed by atoms with E-state index in [1.54, 1.807) is 4.68 Å². The van der Waals surface area contributed by atoms with Crippen molar-refractivity contribution < 1.29 is 9.47 Å². The van der Waals surface area contributed by atoms with Crippen LogP contribution in [0.5, 0.6) is 5.88 Å². The smallest absolute Gasteiger partial charge is 0.235 e. The molecule has 0 aromatic carbocycles. The van der Waals surface area contributed by atoms with Gasteiger partial charge >= 0.3 is 0 Å². The van der Waals surface area contributed by atoms with E-state index < -0.39 is 0 Å². The second-order valence-electron chi connectivity index (χ2n) is 4.49. The van der Waals surface area contributed by atoms with Crippen LogP contribution in [0.3, 0.4) is 0 Å². The molecule has 17 heavy (non-hydrogen) atoms. The fourth-order valence-corrected chi connectivity index (χ4v) is 2.12. The minimum Gasteiger partial charge on any atom is -0.474 e. The molecule has 0 aliphatic carbocycles. The van der Waals surface area contributed by atoms with Gasteiger partial charge in [-0.3, -0.25) is 0 Å². The number of ether oxygens (including phenoxy) is 2. The summed E-state index contributed by atoms with van der Waals surface area (Å²) in [6, 6.07) is 0. The van der Waals surface area contributed by atoms with Gasteiger partial charge in [-0.05, 0) is 19.3 Å². The van der Waals surface area contributed by atoms with Gasteiger partial charge in [-0.15, -0.1) is 0 Å². The Balaban J connectivity index is 1.99. The van der Waals surface area contributed by atoms with E-state index in [1.807, 2.05) is 7.05 Å². The summed E-state index contributed by atoms with van der Waals surface area (Å²) in [6.45, 7) is 3.52. The molecular formula is C12H21N3O2. The fraction of sp³-hybridized carbons (Fsp3) is 0.750. The highest BCUT2D eigenvalue weighted by atomic mass is 16.5. The summed E-state index contributed by atoms with van der Waals surface area (Å²) >= 11 is 0. The van der Waals surface area contributed by atoms with E-state index in [1.165, 1.54) is 0 Å².